The van der Waals surface area contributed by atoms with Gasteiger partial charge < -0.3 is 20.3 Å². The molecule has 0 saturated heterocycles. The molecule has 7 heteroatoms. The number of nitrogens with one attached hydrogen (secondary N) is 1. The predicted octanol–water partition coefficient (Wildman–Crippen LogP) is 3.52. The van der Waals surface area contributed by atoms with Gasteiger partial charge in [-0.3, -0.25) is 4.79 Å². The Morgan fingerprint density at radius 3 is 2.61 bits per heavy atom. The van der Waals surface area contributed by atoms with Crippen molar-refractivity contribution < 1.29 is 20.1 Å². The summed E-state index contributed by atoms with van der Waals surface area (Å²) >= 11 is 0. The number of benzene rings is 2. The van der Waals surface area contributed by atoms with Gasteiger partial charge in [0.2, 0.25) is 5.88 Å². The van der Waals surface area contributed by atoms with Crippen molar-refractivity contribution in [1.29, 1.82) is 0 Å². The van der Waals surface area contributed by atoms with Gasteiger partial charge in [0.15, 0.2) is 5.69 Å². The van der Waals surface area contributed by atoms with Gasteiger partial charge >= 0.3 is 0 Å². The van der Waals surface area contributed by atoms with Gasteiger partial charge in [-0.15, -0.1) is 10.2 Å². The van der Waals surface area contributed by atoms with E-state index in [0.717, 1.165) is 11.6 Å². The summed E-state index contributed by atoms with van der Waals surface area (Å²) in [6, 6.07) is 9.01. The fourth-order valence-electron chi connectivity index (χ4n) is 2.23. The Morgan fingerprint density at radius 2 is 1.87 bits per heavy atom. The maximum atomic E-state index is 12.0. The Hall–Kier alpha value is -3.35. The molecule has 3 aromatic rings. The number of aryl methyl sites for hydroxylation is 1. The van der Waals surface area contributed by atoms with Gasteiger partial charge in [0.25, 0.3) is 5.91 Å². The lowest BCUT2D eigenvalue weighted by atomic mass is 10.1. The average Bonchev–Trinajstić information content (AvgIpc) is 2.79. The number of phenols is 2. The number of aromatic hydroxyl groups is 3. The molecular weight excluding hydrogens is 298 g/mol. The fraction of sp³-hybridized carbons (Fsp3) is 0.0625. The van der Waals surface area contributed by atoms with Crippen LogP contribution < -0.4 is 0 Å². The summed E-state index contributed by atoms with van der Waals surface area (Å²) in [7, 11) is 0. The molecule has 1 amide bonds. The lowest BCUT2D eigenvalue weighted by molar-refractivity contribution is 0.0992. The van der Waals surface area contributed by atoms with E-state index in [2.05, 4.69) is 15.2 Å². The molecule has 2 aromatic carbocycles. The highest BCUT2D eigenvalue weighted by Gasteiger charge is 2.14. The van der Waals surface area contributed by atoms with Crippen molar-refractivity contribution in [3.8, 4) is 17.4 Å². The standard InChI is InChI=1S/C16H13N3O4/c1-8-2-5-12-11(6-8)14(16(23)17-12)18-19-15(22)10-4-3-9(20)7-13(10)21/h2-7,17,20-21,23H,1H3. The molecule has 116 valence electrons. The molecule has 0 bridgehead atoms. The SMILES string of the molecule is Cc1ccc2[nH]c(O)c(N=NC(=O)c3ccc(O)cc3O)c2c1. The maximum Gasteiger partial charge on any atom is 0.299 e. The van der Waals surface area contributed by atoms with Gasteiger partial charge in [-0.1, -0.05) is 11.6 Å². The van der Waals surface area contributed by atoms with E-state index in [9.17, 15) is 20.1 Å². The molecule has 0 saturated carbocycles. The Labute approximate surface area is 130 Å². The van der Waals surface area contributed by atoms with Crippen molar-refractivity contribution in [3.63, 3.8) is 0 Å². The van der Waals surface area contributed by atoms with E-state index in [1.807, 2.05) is 19.1 Å². The monoisotopic (exact) mass is 311 g/mol. The molecule has 0 atom stereocenters. The third kappa shape index (κ3) is 2.71. The molecule has 0 aliphatic heterocycles. The number of aromatic nitrogens is 1. The summed E-state index contributed by atoms with van der Waals surface area (Å²) in [5.74, 6) is -1.55. The zero-order valence-electron chi connectivity index (χ0n) is 12.1. The zero-order valence-corrected chi connectivity index (χ0v) is 12.1. The number of carbonyl (C=O) groups excluding carboxylic acids is 1. The second-order valence-electron chi connectivity index (χ2n) is 5.08. The van der Waals surface area contributed by atoms with Crippen LogP contribution in [0.4, 0.5) is 5.69 Å². The lowest BCUT2D eigenvalue weighted by Crippen LogP contribution is -1.93. The molecule has 1 heterocycles. The van der Waals surface area contributed by atoms with Crippen LogP contribution in [0.25, 0.3) is 10.9 Å². The quantitative estimate of drug-likeness (QED) is 0.541. The smallest absolute Gasteiger partial charge is 0.299 e. The number of phenolic OH excluding ortho intramolecular Hbond substituents is 2. The van der Waals surface area contributed by atoms with Crippen LogP contribution in [0.1, 0.15) is 15.9 Å². The van der Waals surface area contributed by atoms with Gasteiger partial charge in [0.05, 0.1) is 11.1 Å². The van der Waals surface area contributed by atoms with Crippen LogP contribution in [0.3, 0.4) is 0 Å². The summed E-state index contributed by atoms with van der Waals surface area (Å²) < 4.78 is 0. The summed E-state index contributed by atoms with van der Waals surface area (Å²) in [5, 5.41) is 36.7. The molecule has 0 spiro atoms. The fourth-order valence-corrected chi connectivity index (χ4v) is 2.23. The molecule has 3 rings (SSSR count). The zero-order chi connectivity index (χ0) is 16.6. The number of carbonyl (C=O) groups is 1. The molecular formula is C16H13N3O4. The molecule has 0 unspecified atom stereocenters. The van der Waals surface area contributed by atoms with Crippen LogP contribution in [0.5, 0.6) is 17.4 Å². The van der Waals surface area contributed by atoms with Crippen molar-refractivity contribution in [2.75, 3.05) is 0 Å². The van der Waals surface area contributed by atoms with Crippen LogP contribution in [-0.4, -0.2) is 26.2 Å². The topological polar surface area (TPSA) is 118 Å². The van der Waals surface area contributed by atoms with Gasteiger partial charge in [-0.25, -0.2) is 0 Å². The van der Waals surface area contributed by atoms with E-state index < -0.39 is 11.7 Å². The van der Waals surface area contributed by atoms with Gasteiger partial charge in [-0.2, -0.15) is 0 Å². The number of fused-ring (bicyclic) bond motifs is 1. The summed E-state index contributed by atoms with van der Waals surface area (Å²) in [6.07, 6.45) is 0. The number of nitrogens with zero attached hydrogens (tertiary/aromatic N) is 2. The predicted molar refractivity (Wildman–Crippen MR) is 83.3 cm³/mol. The molecule has 7 nitrogen and oxygen atoms in total. The average molecular weight is 311 g/mol. The van der Waals surface area contributed by atoms with Crippen molar-refractivity contribution in [2.45, 2.75) is 6.92 Å². The highest BCUT2D eigenvalue weighted by Crippen LogP contribution is 2.36. The van der Waals surface area contributed by atoms with E-state index in [1.165, 1.54) is 12.1 Å². The number of rotatable bonds is 2. The van der Waals surface area contributed by atoms with Gasteiger partial charge in [0, 0.05) is 11.5 Å². The first-order valence-electron chi connectivity index (χ1n) is 6.75. The third-order valence-electron chi connectivity index (χ3n) is 3.36. The molecule has 1 aromatic heterocycles. The second-order valence-corrected chi connectivity index (χ2v) is 5.08. The van der Waals surface area contributed by atoms with E-state index in [0.29, 0.717) is 10.9 Å². The van der Waals surface area contributed by atoms with Gasteiger partial charge in [0.1, 0.15) is 11.5 Å². The molecule has 0 fully saturated rings. The minimum absolute atomic E-state index is 0.0953. The minimum Gasteiger partial charge on any atom is -0.508 e. The summed E-state index contributed by atoms with van der Waals surface area (Å²) in [4.78, 5) is 14.7. The second kappa shape index (κ2) is 5.45. The van der Waals surface area contributed by atoms with Crippen LogP contribution in [0, 0.1) is 6.92 Å². The van der Waals surface area contributed by atoms with Crippen LogP contribution >= 0.6 is 0 Å². The van der Waals surface area contributed by atoms with E-state index >= 15 is 0 Å². The number of hydrogen-bond donors (Lipinski definition) is 4. The Kier molecular flexibility index (Phi) is 3.46. The lowest BCUT2D eigenvalue weighted by Gasteiger charge is -1.99. The van der Waals surface area contributed by atoms with Crippen LogP contribution in [-0.2, 0) is 0 Å². The number of amides is 1. The molecule has 0 radical (unpaired) electrons. The first kappa shape index (κ1) is 14.6. The first-order valence-corrected chi connectivity index (χ1v) is 6.75. The van der Waals surface area contributed by atoms with Crippen molar-refractivity contribution in [3.05, 3.63) is 47.5 Å². The number of H-pyrrole nitrogens is 1. The van der Waals surface area contributed by atoms with Gasteiger partial charge in [-0.05, 0) is 31.2 Å². The molecule has 23 heavy (non-hydrogen) atoms. The number of azo groups is 1. The van der Waals surface area contributed by atoms with E-state index in [4.69, 9.17) is 0 Å². The highest BCUT2D eigenvalue weighted by atomic mass is 16.3. The van der Waals surface area contributed by atoms with E-state index in [1.54, 1.807) is 6.07 Å². The number of aromatic amines is 1. The minimum atomic E-state index is -0.788. The van der Waals surface area contributed by atoms with Crippen molar-refractivity contribution >= 4 is 22.5 Å². The summed E-state index contributed by atoms with van der Waals surface area (Å²) in [6.45, 7) is 1.89. The molecule has 0 aliphatic carbocycles. The Morgan fingerprint density at radius 1 is 1.09 bits per heavy atom. The molecule has 4 N–H and O–H groups in total. The largest absolute Gasteiger partial charge is 0.508 e. The third-order valence-corrected chi connectivity index (χ3v) is 3.36. The van der Waals surface area contributed by atoms with Crippen LogP contribution in [0.15, 0.2) is 46.6 Å². The molecule has 0 aliphatic rings. The number of hydrogen-bond acceptors (Lipinski definition) is 5. The normalized spacial score (nSPS) is 11.3. The Balaban J connectivity index is 1.98. The van der Waals surface area contributed by atoms with E-state index in [-0.39, 0.29) is 22.9 Å². The Bertz CT molecular complexity index is 944. The van der Waals surface area contributed by atoms with Crippen molar-refractivity contribution in [1.82, 2.24) is 4.98 Å². The first-order chi connectivity index (χ1) is 11.0. The summed E-state index contributed by atoms with van der Waals surface area (Å²) in [5.41, 5.74) is 1.69. The van der Waals surface area contributed by atoms with Crippen LogP contribution in [0.2, 0.25) is 0 Å². The highest BCUT2D eigenvalue weighted by molar-refractivity contribution is 5.98. The maximum absolute atomic E-state index is 12.0. The van der Waals surface area contributed by atoms with Crippen molar-refractivity contribution in [2.24, 2.45) is 10.2 Å².